The number of carbonyl (C=O) groups is 3. The standard InChI is InChI=1S/C23H28N2O5/c1-5-29-21(27)20(26)25(15-17-9-7-6-8-10-17)16-18-11-13-19(14-12-18)24-22(28)30-23(2,3)4/h6-14H,5,15-16H2,1-4H3,(H,24,28). The molecule has 2 rings (SSSR count). The van der Waals surface area contributed by atoms with Gasteiger partial charge >= 0.3 is 18.0 Å². The van der Waals surface area contributed by atoms with Crippen LogP contribution in [0.25, 0.3) is 0 Å². The number of hydrogen-bond acceptors (Lipinski definition) is 5. The van der Waals surface area contributed by atoms with E-state index < -0.39 is 23.6 Å². The van der Waals surface area contributed by atoms with Crippen molar-refractivity contribution in [2.24, 2.45) is 0 Å². The van der Waals surface area contributed by atoms with E-state index in [0.29, 0.717) is 5.69 Å². The maximum atomic E-state index is 12.6. The van der Waals surface area contributed by atoms with Gasteiger partial charge in [0, 0.05) is 18.8 Å². The lowest BCUT2D eigenvalue weighted by molar-refractivity contribution is -0.160. The van der Waals surface area contributed by atoms with Gasteiger partial charge in [0.05, 0.1) is 6.61 Å². The monoisotopic (exact) mass is 412 g/mol. The smallest absolute Gasteiger partial charge is 0.412 e. The minimum absolute atomic E-state index is 0.134. The molecular formula is C23H28N2O5. The molecule has 0 bridgehead atoms. The summed E-state index contributed by atoms with van der Waals surface area (Å²) in [7, 11) is 0. The highest BCUT2D eigenvalue weighted by Crippen LogP contribution is 2.16. The summed E-state index contributed by atoms with van der Waals surface area (Å²) in [6, 6.07) is 16.4. The number of carbonyl (C=O) groups excluding carboxylic acids is 3. The van der Waals surface area contributed by atoms with Crippen molar-refractivity contribution >= 4 is 23.7 Å². The van der Waals surface area contributed by atoms with Crippen molar-refractivity contribution in [1.82, 2.24) is 4.90 Å². The van der Waals surface area contributed by atoms with Gasteiger partial charge in [-0.1, -0.05) is 42.5 Å². The molecule has 2 amide bonds. The largest absolute Gasteiger partial charge is 0.459 e. The van der Waals surface area contributed by atoms with Gasteiger partial charge in [-0.2, -0.15) is 0 Å². The SMILES string of the molecule is CCOC(=O)C(=O)N(Cc1ccccc1)Cc1ccc(NC(=O)OC(C)(C)C)cc1. The number of benzene rings is 2. The number of esters is 1. The minimum Gasteiger partial charge on any atom is -0.459 e. The predicted octanol–water partition coefficient (Wildman–Crippen LogP) is 4.13. The van der Waals surface area contributed by atoms with Crippen LogP contribution < -0.4 is 5.32 Å². The lowest BCUT2D eigenvalue weighted by Gasteiger charge is -2.22. The average Bonchev–Trinajstić information content (AvgIpc) is 2.68. The minimum atomic E-state index is -0.878. The average molecular weight is 412 g/mol. The number of hydrogen-bond donors (Lipinski definition) is 1. The van der Waals surface area contributed by atoms with E-state index in [1.54, 1.807) is 52.0 Å². The molecule has 0 atom stereocenters. The second-order valence-electron chi connectivity index (χ2n) is 7.69. The molecule has 0 saturated heterocycles. The number of anilines is 1. The molecule has 7 heteroatoms. The Bertz CT molecular complexity index is 857. The van der Waals surface area contributed by atoms with Gasteiger partial charge in [-0.3, -0.25) is 10.1 Å². The molecule has 0 aromatic heterocycles. The van der Waals surface area contributed by atoms with Crippen LogP contribution in [-0.4, -0.2) is 35.1 Å². The van der Waals surface area contributed by atoms with E-state index in [9.17, 15) is 14.4 Å². The molecule has 0 radical (unpaired) electrons. The zero-order valence-corrected chi connectivity index (χ0v) is 17.8. The third-order valence-electron chi connectivity index (χ3n) is 3.93. The van der Waals surface area contributed by atoms with Crippen molar-refractivity contribution in [2.45, 2.75) is 46.4 Å². The Kier molecular flexibility index (Phi) is 7.98. The number of nitrogens with one attached hydrogen (secondary N) is 1. The fraction of sp³-hybridized carbons (Fsp3) is 0.348. The third kappa shape index (κ3) is 7.58. The summed E-state index contributed by atoms with van der Waals surface area (Å²) in [6.07, 6.45) is -0.543. The lowest BCUT2D eigenvalue weighted by Crippen LogP contribution is -2.36. The molecule has 30 heavy (non-hydrogen) atoms. The van der Waals surface area contributed by atoms with E-state index in [2.05, 4.69) is 5.32 Å². The van der Waals surface area contributed by atoms with E-state index in [4.69, 9.17) is 9.47 Å². The first kappa shape index (κ1) is 22.9. The van der Waals surface area contributed by atoms with Crippen LogP contribution in [0.5, 0.6) is 0 Å². The Balaban J connectivity index is 2.09. The van der Waals surface area contributed by atoms with Gasteiger partial charge in [0.25, 0.3) is 0 Å². The molecule has 160 valence electrons. The van der Waals surface area contributed by atoms with Crippen molar-refractivity contribution in [2.75, 3.05) is 11.9 Å². The summed E-state index contributed by atoms with van der Waals surface area (Å²) >= 11 is 0. The maximum Gasteiger partial charge on any atom is 0.412 e. The normalized spacial score (nSPS) is 10.8. The van der Waals surface area contributed by atoms with E-state index in [-0.39, 0.29) is 19.7 Å². The van der Waals surface area contributed by atoms with Crippen LogP contribution in [0.1, 0.15) is 38.8 Å². The van der Waals surface area contributed by atoms with Crippen molar-refractivity contribution in [3.8, 4) is 0 Å². The van der Waals surface area contributed by atoms with E-state index in [1.807, 2.05) is 30.3 Å². The Morgan fingerprint density at radius 3 is 2.00 bits per heavy atom. The molecule has 2 aromatic carbocycles. The molecule has 0 aliphatic heterocycles. The highest BCUT2D eigenvalue weighted by Gasteiger charge is 2.23. The Labute approximate surface area is 177 Å². The van der Waals surface area contributed by atoms with Crippen LogP contribution in [0.2, 0.25) is 0 Å². The third-order valence-corrected chi connectivity index (χ3v) is 3.93. The van der Waals surface area contributed by atoms with Gasteiger partial charge in [0.15, 0.2) is 0 Å². The summed E-state index contributed by atoms with van der Waals surface area (Å²) in [5.74, 6) is -1.58. The summed E-state index contributed by atoms with van der Waals surface area (Å²) in [5, 5.41) is 2.66. The summed E-state index contributed by atoms with van der Waals surface area (Å²) in [6.45, 7) is 7.65. The Morgan fingerprint density at radius 2 is 1.47 bits per heavy atom. The highest BCUT2D eigenvalue weighted by molar-refractivity contribution is 6.32. The first-order chi connectivity index (χ1) is 14.2. The molecule has 0 saturated carbocycles. The molecule has 0 heterocycles. The molecule has 0 aliphatic carbocycles. The first-order valence-corrected chi connectivity index (χ1v) is 9.77. The highest BCUT2D eigenvalue weighted by atomic mass is 16.6. The van der Waals surface area contributed by atoms with Crippen LogP contribution in [0, 0.1) is 0 Å². The number of ether oxygens (including phenoxy) is 2. The molecule has 0 spiro atoms. The van der Waals surface area contributed by atoms with Crippen molar-refractivity contribution in [3.05, 3.63) is 65.7 Å². The lowest BCUT2D eigenvalue weighted by atomic mass is 10.1. The number of amides is 2. The van der Waals surface area contributed by atoms with Gasteiger partial charge in [0.2, 0.25) is 0 Å². The molecule has 2 aromatic rings. The van der Waals surface area contributed by atoms with E-state index in [1.165, 1.54) is 4.90 Å². The molecule has 0 aliphatic rings. The van der Waals surface area contributed by atoms with Crippen LogP contribution in [0.15, 0.2) is 54.6 Å². The van der Waals surface area contributed by atoms with Crippen LogP contribution in [0.3, 0.4) is 0 Å². The summed E-state index contributed by atoms with van der Waals surface area (Å²) in [4.78, 5) is 37.9. The van der Waals surface area contributed by atoms with Gasteiger partial charge in [-0.25, -0.2) is 9.59 Å². The topological polar surface area (TPSA) is 84.9 Å². The summed E-state index contributed by atoms with van der Waals surface area (Å²) in [5.41, 5.74) is 1.69. The number of rotatable bonds is 6. The second kappa shape index (κ2) is 10.4. The van der Waals surface area contributed by atoms with Crippen LogP contribution in [0.4, 0.5) is 10.5 Å². The van der Waals surface area contributed by atoms with Gasteiger partial charge in [-0.05, 0) is 51.0 Å². The molecule has 1 N–H and O–H groups in total. The molecule has 0 fully saturated rings. The van der Waals surface area contributed by atoms with Crippen molar-refractivity contribution < 1.29 is 23.9 Å². The summed E-state index contributed by atoms with van der Waals surface area (Å²) < 4.78 is 10.1. The van der Waals surface area contributed by atoms with Crippen LogP contribution >= 0.6 is 0 Å². The predicted molar refractivity (Wildman–Crippen MR) is 114 cm³/mol. The number of nitrogens with zero attached hydrogens (tertiary/aromatic N) is 1. The zero-order chi connectivity index (χ0) is 22.1. The maximum absolute atomic E-state index is 12.6. The fourth-order valence-corrected chi connectivity index (χ4v) is 2.66. The fourth-order valence-electron chi connectivity index (χ4n) is 2.66. The van der Waals surface area contributed by atoms with Gasteiger partial charge in [-0.15, -0.1) is 0 Å². The Morgan fingerprint density at radius 1 is 0.900 bits per heavy atom. The van der Waals surface area contributed by atoms with Crippen molar-refractivity contribution in [3.63, 3.8) is 0 Å². The van der Waals surface area contributed by atoms with Crippen molar-refractivity contribution in [1.29, 1.82) is 0 Å². The quantitative estimate of drug-likeness (QED) is 0.570. The van der Waals surface area contributed by atoms with Gasteiger partial charge < -0.3 is 14.4 Å². The molecular weight excluding hydrogens is 384 g/mol. The van der Waals surface area contributed by atoms with Crippen LogP contribution in [-0.2, 0) is 32.2 Å². The molecule has 0 unspecified atom stereocenters. The van der Waals surface area contributed by atoms with E-state index >= 15 is 0 Å². The van der Waals surface area contributed by atoms with E-state index in [0.717, 1.165) is 11.1 Å². The first-order valence-electron chi connectivity index (χ1n) is 9.77. The Hall–Kier alpha value is -3.35. The zero-order valence-electron chi connectivity index (χ0n) is 17.8. The van der Waals surface area contributed by atoms with Gasteiger partial charge in [0.1, 0.15) is 5.60 Å². The molecule has 7 nitrogen and oxygen atoms in total. The second-order valence-corrected chi connectivity index (χ2v) is 7.69.